The Bertz CT molecular complexity index is 2530. The van der Waals surface area contributed by atoms with E-state index in [2.05, 4.69) is 53.2 Å². The normalized spacial score (nSPS) is 31.8. The Morgan fingerprint density at radius 3 is 1.46 bits per heavy atom. The quantitative estimate of drug-likeness (QED) is 0.0304. The largest absolute Gasteiger partial charge is 0.481 e. The fourth-order valence-corrected chi connectivity index (χ4v) is 16.6. The number of carboxylic acid groups (broad SMARTS) is 2. The molecule has 25 nitrogen and oxygen atoms in total. The Balaban J connectivity index is 0.000000191. The van der Waals surface area contributed by atoms with Crippen LogP contribution in [0.5, 0.6) is 0 Å². The van der Waals surface area contributed by atoms with Gasteiger partial charge in [-0.3, -0.25) is 24.0 Å². The lowest BCUT2D eigenvalue weighted by atomic mass is 10.0. The first-order valence-electron chi connectivity index (χ1n) is 31.8. The molecule has 456 valence electrons. The van der Waals surface area contributed by atoms with Crippen molar-refractivity contribution in [1.29, 1.82) is 0 Å². The summed E-state index contributed by atoms with van der Waals surface area (Å²) >= 11 is 6.60. The van der Waals surface area contributed by atoms with Crippen molar-refractivity contribution in [1.82, 2.24) is 58.2 Å². The number of imide groups is 1. The van der Waals surface area contributed by atoms with Crippen LogP contribution in [0.1, 0.15) is 153 Å². The molecule has 13 N–H and O–H groups in total. The summed E-state index contributed by atoms with van der Waals surface area (Å²) in [5.41, 5.74) is 0. The van der Waals surface area contributed by atoms with Gasteiger partial charge in [-0.05, 0) is 78.1 Å². The van der Waals surface area contributed by atoms with E-state index in [-0.39, 0.29) is 104 Å². The summed E-state index contributed by atoms with van der Waals surface area (Å²) in [4.78, 5) is 118. The minimum absolute atomic E-state index is 0.0424. The van der Waals surface area contributed by atoms with Crippen molar-refractivity contribution in [2.24, 2.45) is 0 Å². The summed E-state index contributed by atoms with van der Waals surface area (Å²) in [5.74, 6) is -1.16. The maximum Gasteiger partial charge on any atom is 0.333 e. The predicted molar refractivity (Wildman–Crippen MR) is 310 cm³/mol. The van der Waals surface area contributed by atoms with E-state index < -0.39 is 78.6 Å². The van der Waals surface area contributed by atoms with Gasteiger partial charge in [-0.2, -0.15) is 47.0 Å². The van der Waals surface area contributed by atoms with E-state index in [0.29, 0.717) is 40.2 Å². The number of carboxylic acids is 2. The van der Waals surface area contributed by atoms with Crippen LogP contribution >= 0.6 is 47.0 Å². The van der Waals surface area contributed by atoms with Gasteiger partial charge < -0.3 is 73.3 Å². The van der Waals surface area contributed by atoms with Crippen molar-refractivity contribution in [3.8, 4) is 0 Å². The smallest absolute Gasteiger partial charge is 0.333 e. The molecule has 0 aromatic carbocycles. The summed E-state index contributed by atoms with van der Waals surface area (Å²) in [6, 6.07) is -0.493. The summed E-state index contributed by atoms with van der Waals surface area (Å²) in [5, 5.41) is 56.3. The summed E-state index contributed by atoms with van der Waals surface area (Å²) in [6.07, 6.45) is -2.11. The first-order chi connectivity index (χ1) is 41.9. The van der Waals surface area contributed by atoms with Gasteiger partial charge in [-0.15, -0.1) is 5.06 Å². The molecule has 0 aromatic rings. The van der Waals surface area contributed by atoms with Gasteiger partial charge in [0.05, 0.1) is 54.4 Å². The van der Waals surface area contributed by atoms with Gasteiger partial charge in [0, 0.05) is 106 Å². The number of carbonyl (C=O) groups excluding carboxylic acids is 8. The average Bonchev–Trinajstić information content (AvgIpc) is 1.76. The Morgan fingerprint density at radius 2 is 1.02 bits per heavy atom. The molecule has 9 fully saturated rings. The van der Waals surface area contributed by atoms with E-state index in [1.807, 2.05) is 42.3 Å². The third-order valence-corrected chi connectivity index (χ3v) is 20.7. The summed E-state index contributed by atoms with van der Waals surface area (Å²) < 4.78 is 62.2. The van der Waals surface area contributed by atoms with Crippen LogP contribution in [-0.4, -0.2) is 198 Å². The second kappa shape index (κ2) is 33.6. The Hall–Kier alpha value is -4.58. The van der Waals surface area contributed by atoms with Crippen LogP contribution in [0.25, 0.3) is 0 Å². The van der Waals surface area contributed by atoms with Crippen molar-refractivity contribution in [3.63, 3.8) is 0 Å². The van der Waals surface area contributed by atoms with Crippen molar-refractivity contribution in [3.05, 3.63) is 0 Å². The number of hydrogen-bond acceptors (Lipinski definition) is 17. The number of amides is 11. The minimum atomic E-state index is -3.66. The molecule has 14 atom stereocenters. The van der Waals surface area contributed by atoms with Crippen LogP contribution in [0.15, 0.2) is 0 Å². The van der Waals surface area contributed by atoms with Gasteiger partial charge in [0.2, 0.25) is 5.91 Å². The lowest BCUT2D eigenvalue weighted by Crippen LogP contribution is -2.36. The molecular formula is C52H85N11O14S4. The third-order valence-electron chi connectivity index (χ3n) is 14.9. The van der Waals surface area contributed by atoms with Crippen molar-refractivity contribution in [2.45, 2.75) is 223 Å². The van der Waals surface area contributed by atoms with Crippen LogP contribution < -0.4 is 53.2 Å². The number of fused-ring (bicyclic) bond motifs is 4. The van der Waals surface area contributed by atoms with Crippen LogP contribution in [0.2, 0.25) is 0 Å². The number of carbonyl (C=O) groups is 10. The monoisotopic (exact) mass is 1220 g/mol. The molecule has 0 spiro atoms. The Kier molecular flexibility index (Phi) is 22.6. The second-order valence-corrected chi connectivity index (χ2v) is 25.8. The first-order valence-corrected chi connectivity index (χ1v) is 32.0. The molecule has 0 aromatic heterocycles. The highest BCUT2D eigenvalue weighted by Gasteiger charge is 2.46. The molecule has 29 heteroatoms. The fourth-order valence-electron chi connectivity index (χ4n) is 10.7. The number of aliphatic carboxylic acids is 2. The predicted octanol–water partition coefficient (Wildman–Crippen LogP) is 2.88. The van der Waals surface area contributed by atoms with E-state index in [0.717, 1.165) is 99.6 Å². The number of unbranched alkanes of at least 4 members (excludes halogenated alkanes) is 4. The number of aliphatic hydroxyl groups excluding tert-OH is 1. The van der Waals surface area contributed by atoms with Gasteiger partial charge >= 0.3 is 42.0 Å². The van der Waals surface area contributed by atoms with Crippen LogP contribution in [0.3, 0.4) is 0 Å². The molecule has 2 unspecified atom stereocenters. The topological polar surface area (TPSA) is 364 Å². The van der Waals surface area contributed by atoms with E-state index in [1.165, 1.54) is 0 Å². The number of urea groups is 4. The first kappa shape index (κ1) is 54.4. The van der Waals surface area contributed by atoms with E-state index in [1.54, 1.807) is 6.92 Å². The molecule has 0 bridgehead atoms. The van der Waals surface area contributed by atoms with Gasteiger partial charge in [0.1, 0.15) is 0 Å². The number of rotatable bonds is 28. The summed E-state index contributed by atoms with van der Waals surface area (Å²) in [6.45, 7) is 2.50. The van der Waals surface area contributed by atoms with Gasteiger partial charge in [-0.1, -0.05) is 32.1 Å². The number of likely N-dealkylation sites (N-methyl/N-ethyl adjacent to an activating group) is 1. The number of nitrogens with one attached hydrogen (secondary N) is 10. The van der Waals surface area contributed by atoms with Gasteiger partial charge in [-0.25, -0.2) is 24.0 Å². The van der Waals surface area contributed by atoms with Gasteiger partial charge in [0.25, 0.3) is 11.8 Å². The molecule has 9 saturated heterocycles. The molecule has 0 aliphatic carbocycles. The fraction of sp³-hybridized carbons (Fsp3) is 0.808. The zero-order chi connectivity index (χ0) is 65.6. The molecular weight excluding hydrogens is 1130 g/mol. The molecule has 0 radical (unpaired) electrons. The SMILES string of the molecule is CNC(CCCCNC(=O)CCCC[C@@H]1SC[C@@H]2NC(=O)N[C@@H]21)C(C)O.O=C(O)CCCC[C@@H]1SC[C@@H]2NC(=O)N[C@@H]21.O=C1N[C@H]2[C@H](CS[C@H]2CCCCC(=O)ON2C(=O)CCC2=O)N1.[2H]C([2H])(C(=O)O)C([2H])([2H])C([2H])([2H])C([2H])([2H])[C@@H]1SC[C@@H]2NC(=O)N[C@@H]21. The van der Waals surface area contributed by atoms with Crippen LogP contribution in [0, 0.1) is 0 Å². The van der Waals surface area contributed by atoms with Crippen molar-refractivity contribution in [2.75, 3.05) is 36.6 Å². The highest BCUT2D eigenvalue weighted by atomic mass is 32.2. The minimum Gasteiger partial charge on any atom is -0.481 e. The molecule has 9 heterocycles. The lowest BCUT2D eigenvalue weighted by Gasteiger charge is -2.18. The molecule has 9 aliphatic rings. The maximum absolute atomic E-state index is 11.9. The highest BCUT2D eigenvalue weighted by Crippen LogP contribution is 2.36. The second-order valence-electron chi connectivity index (χ2n) is 20.9. The summed E-state index contributed by atoms with van der Waals surface area (Å²) in [7, 11) is 1.86. The number of hydroxylamine groups is 2. The van der Waals surface area contributed by atoms with Crippen molar-refractivity contribution >= 4 is 107 Å². The molecule has 9 aliphatic heterocycles. The molecule has 11 amide bonds. The zero-order valence-corrected chi connectivity index (χ0v) is 48.8. The van der Waals surface area contributed by atoms with E-state index >= 15 is 0 Å². The number of nitrogens with zero attached hydrogens (tertiary/aromatic N) is 1. The highest BCUT2D eigenvalue weighted by molar-refractivity contribution is 8.01. The Labute approximate surface area is 501 Å². The number of aliphatic hydroxyl groups is 1. The lowest BCUT2D eigenvalue weighted by molar-refractivity contribution is -0.197. The van der Waals surface area contributed by atoms with E-state index in [4.69, 9.17) is 26.0 Å². The standard InChI is InChI=1S/C18H34N4O3S.C14H19N3O5S.2C10H16N2O3S/c1-12(23)13(19-2)7-5-6-10-20-16(24)9-4-3-8-15-17-14(11-26-15)21-18(25)22-17;18-10-5-6-11(19)17(10)22-12(20)4-2-1-3-9-13-8(7-23-9)15-14(21)16-13;2*13-8(14)4-2-1-3-7-9-6(5-16-7)11-10(15)12-9/h12-15,17,19,23H,3-11H2,1-2H3,(H,20,24)(H2,21,22,25);8-9,13H,1-7H2,(H2,15,16,21);2*6-7,9H,1-5H2,(H,13,14)(H2,11,12,15)/t12?,13?,14-,15-,17-;8-,9-,13-;2*6-,7-,9-/m0000/s1/i;;1D2,2D2,3D2,4D2;. The Morgan fingerprint density at radius 1 is 0.593 bits per heavy atom. The average molecular weight is 1220 g/mol. The third kappa shape index (κ3) is 21.2. The van der Waals surface area contributed by atoms with Gasteiger partial charge in [0.15, 0.2) is 0 Å². The number of hydrogen-bond donors (Lipinski definition) is 13. The van der Waals surface area contributed by atoms with Crippen LogP contribution in [-0.2, 0) is 33.6 Å². The van der Waals surface area contributed by atoms with E-state index in [9.17, 15) is 53.1 Å². The zero-order valence-electron chi connectivity index (χ0n) is 53.6. The van der Waals surface area contributed by atoms with Crippen LogP contribution in [0.4, 0.5) is 19.2 Å². The molecule has 9 rings (SSSR count). The number of thioether (sulfide) groups is 4. The molecule has 81 heavy (non-hydrogen) atoms. The molecule has 0 saturated carbocycles. The maximum atomic E-state index is 11.9. The van der Waals surface area contributed by atoms with Crippen molar-refractivity contribution < 1.29 is 79.1 Å².